The average Bonchev–Trinajstić information content (AvgIpc) is 2.86. The maximum absolute atomic E-state index is 6.12. The summed E-state index contributed by atoms with van der Waals surface area (Å²) in [5, 5.41) is 7.66. The minimum Gasteiger partial charge on any atom is -0.493 e. The number of anilines is 1. The Bertz CT molecular complexity index is 630. The molecule has 5 nitrogen and oxygen atoms in total. The number of hydrogen-bond donors (Lipinski definition) is 2. The van der Waals surface area contributed by atoms with Crippen LogP contribution in [0, 0.1) is 5.92 Å². The lowest BCUT2D eigenvalue weighted by atomic mass is 9.99. The van der Waals surface area contributed by atoms with Gasteiger partial charge < -0.3 is 15.8 Å². The first-order chi connectivity index (χ1) is 10.6. The number of piperidine rings is 1. The predicted molar refractivity (Wildman–Crippen MR) is 91.8 cm³/mol. The molecule has 0 amide bonds. The summed E-state index contributed by atoms with van der Waals surface area (Å²) in [6.45, 7) is 2.90. The Morgan fingerprint density at radius 2 is 2.18 bits per heavy atom. The summed E-state index contributed by atoms with van der Waals surface area (Å²) in [5.41, 5.74) is 8.64. The van der Waals surface area contributed by atoms with Crippen molar-refractivity contribution in [1.82, 2.24) is 15.1 Å². The molecule has 3 N–H and O–H groups in total. The number of ether oxygens (including phenoxy) is 1. The van der Waals surface area contributed by atoms with Gasteiger partial charge in [-0.25, -0.2) is 0 Å². The van der Waals surface area contributed by atoms with Crippen LogP contribution in [0.1, 0.15) is 12.8 Å². The van der Waals surface area contributed by atoms with Crippen molar-refractivity contribution in [2.24, 2.45) is 13.0 Å². The lowest BCUT2D eigenvalue weighted by Crippen LogP contribution is -2.30. The summed E-state index contributed by atoms with van der Waals surface area (Å²) in [6, 6.07) is 5.77. The van der Waals surface area contributed by atoms with Crippen LogP contribution in [0.5, 0.6) is 5.75 Å². The van der Waals surface area contributed by atoms with E-state index in [-0.39, 0.29) is 0 Å². The van der Waals surface area contributed by atoms with Crippen LogP contribution < -0.4 is 15.8 Å². The number of rotatable bonds is 4. The highest BCUT2D eigenvalue weighted by Crippen LogP contribution is 2.36. The molecule has 1 aromatic heterocycles. The molecule has 0 atom stereocenters. The monoisotopic (exact) mass is 364 g/mol. The van der Waals surface area contributed by atoms with Crippen LogP contribution in [0.25, 0.3) is 11.3 Å². The Kier molecular flexibility index (Phi) is 4.69. The number of hydrogen-bond acceptors (Lipinski definition) is 4. The van der Waals surface area contributed by atoms with Gasteiger partial charge >= 0.3 is 0 Å². The van der Waals surface area contributed by atoms with Crippen molar-refractivity contribution in [2.45, 2.75) is 12.8 Å². The van der Waals surface area contributed by atoms with Crippen molar-refractivity contribution >= 4 is 21.6 Å². The first-order valence-electron chi connectivity index (χ1n) is 7.56. The zero-order valence-corrected chi connectivity index (χ0v) is 14.3. The fourth-order valence-corrected chi connectivity index (χ4v) is 3.39. The zero-order chi connectivity index (χ0) is 15.5. The van der Waals surface area contributed by atoms with Crippen LogP contribution in [0.4, 0.5) is 5.69 Å². The van der Waals surface area contributed by atoms with E-state index in [1.165, 1.54) is 12.8 Å². The van der Waals surface area contributed by atoms with Gasteiger partial charge in [0.15, 0.2) is 0 Å². The van der Waals surface area contributed by atoms with Crippen molar-refractivity contribution in [1.29, 1.82) is 0 Å². The van der Waals surface area contributed by atoms with E-state index in [0.717, 1.165) is 46.9 Å². The highest BCUT2D eigenvalue weighted by molar-refractivity contribution is 9.10. The third kappa shape index (κ3) is 3.28. The topological polar surface area (TPSA) is 65.1 Å². The van der Waals surface area contributed by atoms with Crippen LogP contribution in [-0.4, -0.2) is 29.5 Å². The van der Waals surface area contributed by atoms with Crippen molar-refractivity contribution in [3.63, 3.8) is 0 Å². The van der Waals surface area contributed by atoms with E-state index in [1.54, 1.807) is 6.20 Å². The number of aryl methyl sites for hydroxylation is 1. The summed E-state index contributed by atoms with van der Waals surface area (Å²) >= 11 is 3.55. The molecule has 6 heteroatoms. The Hall–Kier alpha value is -1.53. The summed E-state index contributed by atoms with van der Waals surface area (Å²) in [6.07, 6.45) is 4.12. The van der Waals surface area contributed by atoms with Crippen molar-refractivity contribution in [3.05, 3.63) is 28.9 Å². The number of nitrogen functional groups attached to an aromatic ring is 1. The fraction of sp³-hybridized carbons (Fsp3) is 0.438. The van der Waals surface area contributed by atoms with E-state index in [2.05, 4.69) is 26.3 Å². The SMILES string of the molecule is Cn1ncc(Br)c1-c1cc(N)ccc1OCC1CCNCC1. The van der Waals surface area contributed by atoms with Gasteiger partial charge in [-0.2, -0.15) is 5.10 Å². The molecule has 22 heavy (non-hydrogen) atoms. The van der Waals surface area contributed by atoms with Crippen molar-refractivity contribution in [3.8, 4) is 17.0 Å². The van der Waals surface area contributed by atoms with E-state index >= 15 is 0 Å². The third-order valence-corrected chi connectivity index (χ3v) is 4.67. The minimum atomic E-state index is 0.613. The molecule has 0 unspecified atom stereocenters. The largest absolute Gasteiger partial charge is 0.493 e. The molecule has 118 valence electrons. The number of nitrogens with one attached hydrogen (secondary N) is 1. The van der Waals surface area contributed by atoms with Crippen LogP contribution in [0.15, 0.2) is 28.9 Å². The van der Waals surface area contributed by atoms with Gasteiger partial charge in [-0.3, -0.25) is 4.68 Å². The van der Waals surface area contributed by atoms with Crippen LogP contribution in [-0.2, 0) is 7.05 Å². The van der Waals surface area contributed by atoms with Crippen LogP contribution in [0.2, 0.25) is 0 Å². The number of aromatic nitrogens is 2. The standard InChI is InChI=1S/C16H21BrN4O/c1-21-16(14(17)9-20-21)13-8-12(18)2-3-15(13)22-10-11-4-6-19-7-5-11/h2-3,8-9,11,19H,4-7,10,18H2,1H3. The van der Waals surface area contributed by atoms with E-state index in [1.807, 2.05) is 29.9 Å². The van der Waals surface area contributed by atoms with E-state index in [9.17, 15) is 0 Å². The maximum Gasteiger partial charge on any atom is 0.128 e. The number of benzene rings is 1. The molecule has 2 heterocycles. The molecule has 1 fully saturated rings. The van der Waals surface area contributed by atoms with Gasteiger partial charge in [-0.05, 0) is 66.0 Å². The lowest BCUT2D eigenvalue weighted by molar-refractivity contribution is 0.216. The average molecular weight is 365 g/mol. The number of nitrogens with zero attached hydrogens (tertiary/aromatic N) is 2. The molecule has 1 aliphatic rings. The molecule has 0 bridgehead atoms. The third-order valence-electron chi connectivity index (χ3n) is 4.09. The van der Waals surface area contributed by atoms with Crippen molar-refractivity contribution in [2.75, 3.05) is 25.4 Å². The second-order valence-corrected chi connectivity index (χ2v) is 6.58. The molecule has 3 rings (SSSR count). The quantitative estimate of drug-likeness (QED) is 0.818. The highest BCUT2D eigenvalue weighted by atomic mass is 79.9. The summed E-state index contributed by atoms with van der Waals surface area (Å²) in [7, 11) is 1.92. The Balaban J connectivity index is 1.85. The summed E-state index contributed by atoms with van der Waals surface area (Å²) in [5.74, 6) is 1.47. The van der Waals surface area contributed by atoms with Gasteiger partial charge in [0.05, 0.1) is 23.0 Å². The second-order valence-electron chi connectivity index (χ2n) is 5.72. The van der Waals surface area contributed by atoms with Gasteiger partial charge in [0.1, 0.15) is 5.75 Å². The molecular formula is C16H21BrN4O. The Morgan fingerprint density at radius 3 is 2.86 bits per heavy atom. The number of nitrogens with two attached hydrogens (primary N) is 1. The second kappa shape index (κ2) is 6.71. The van der Waals surface area contributed by atoms with Crippen LogP contribution in [0.3, 0.4) is 0 Å². The normalized spacial score (nSPS) is 15.9. The Labute approximate surface area is 139 Å². The molecule has 0 radical (unpaired) electrons. The van der Waals surface area contributed by atoms with E-state index < -0.39 is 0 Å². The molecule has 0 saturated carbocycles. The molecular weight excluding hydrogens is 344 g/mol. The first-order valence-corrected chi connectivity index (χ1v) is 8.35. The molecule has 1 aliphatic heterocycles. The smallest absolute Gasteiger partial charge is 0.128 e. The van der Waals surface area contributed by atoms with Gasteiger partial charge in [0.25, 0.3) is 0 Å². The minimum absolute atomic E-state index is 0.613. The predicted octanol–water partition coefficient (Wildman–Crippen LogP) is 2.81. The Morgan fingerprint density at radius 1 is 1.41 bits per heavy atom. The molecule has 0 spiro atoms. The van der Waals surface area contributed by atoms with Gasteiger partial charge in [-0.15, -0.1) is 0 Å². The van der Waals surface area contributed by atoms with Gasteiger partial charge in [0, 0.05) is 18.3 Å². The van der Waals surface area contributed by atoms with Gasteiger partial charge in [-0.1, -0.05) is 0 Å². The zero-order valence-electron chi connectivity index (χ0n) is 12.7. The van der Waals surface area contributed by atoms with Crippen molar-refractivity contribution < 1.29 is 4.74 Å². The molecule has 0 aliphatic carbocycles. The summed E-state index contributed by atoms with van der Waals surface area (Å²) < 4.78 is 8.89. The maximum atomic E-state index is 6.12. The highest BCUT2D eigenvalue weighted by Gasteiger charge is 2.17. The van der Waals surface area contributed by atoms with Crippen LogP contribution >= 0.6 is 15.9 Å². The summed E-state index contributed by atoms with van der Waals surface area (Å²) in [4.78, 5) is 0. The van der Waals surface area contributed by atoms with Gasteiger partial charge in [0.2, 0.25) is 0 Å². The fourth-order valence-electron chi connectivity index (χ4n) is 2.83. The number of halogens is 1. The van der Waals surface area contributed by atoms with E-state index in [0.29, 0.717) is 5.92 Å². The molecule has 2 aromatic rings. The molecule has 1 saturated heterocycles. The molecule has 1 aromatic carbocycles. The van der Waals surface area contributed by atoms with E-state index in [4.69, 9.17) is 10.5 Å². The first kappa shape index (κ1) is 15.4. The lowest BCUT2D eigenvalue weighted by Gasteiger charge is -2.23.